The Kier molecular flexibility index (Phi) is 1.60. The standard InChI is InChI=1S/C13H13N/c1-9-6-11-4-5-14-8-12(11)7-13(9)10-2-3-10/h4-8,10H,2-3H2,1H3. The SMILES string of the molecule is Cc1cc2ccncc2cc1C1CC1. The van der Waals surface area contributed by atoms with Crippen molar-refractivity contribution in [2.45, 2.75) is 25.7 Å². The summed E-state index contributed by atoms with van der Waals surface area (Å²) in [5, 5.41) is 2.59. The van der Waals surface area contributed by atoms with Crippen LogP contribution in [-0.2, 0) is 0 Å². The summed E-state index contributed by atoms with van der Waals surface area (Å²) in [4.78, 5) is 4.16. The second-order valence-electron chi connectivity index (χ2n) is 4.21. The van der Waals surface area contributed by atoms with Crippen molar-refractivity contribution in [3.8, 4) is 0 Å². The number of fused-ring (bicyclic) bond motifs is 1. The molecule has 2 aromatic rings. The largest absolute Gasteiger partial charge is 0.264 e. The van der Waals surface area contributed by atoms with Crippen LogP contribution in [0.5, 0.6) is 0 Å². The molecule has 0 unspecified atom stereocenters. The highest BCUT2D eigenvalue weighted by Gasteiger charge is 2.25. The zero-order valence-electron chi connectivity index (χ0n) is 8.33. The zero-order valence-corrected chi connectivity index (χ0v) is 8.33. The van der Waals surface area contributed by atoms with E-state index in [2.05, 4.69) is 30.1 Å². The third-order valence-electron chi connectivity index (χ3n) is 3.04. The van der Waals surface area contributed by atoms with Gasteiger partial charge in [-0.1, -0.05) is 6.07 Å². The van der Waals surface area contributed by atoms with Gasteiger partial charge < -0.3 is 0 Å². The minimum Gasteiger partial charge on any atom is -0.264 e. The molecule has 0 bridgehead atoms. The maximum Gasteiger partial charge on any atom is 0.0346 e. The van der Waals surface area contributed by atoms with Crippen molar-refractivity contribution in [1.82, 2.24) is 4.98 Å². The van der Waals surface area contributed by atoms with Crippen LogP contribution in [0.1, 0.15) is 29.9 Å². The van der Waals surface area contributed by atoms with E-state index in [0.717, 1.165) is 5.92 Å². The molecule has 0 aliphatic heterocycles. The first-order valence-corrected chi connectivity index (χ1v) is 5.19. The summed E-state index contributed by atoms with van der Waals surface area (Å²) < 4.78 is 0. The van der Waals surface area contributed by atoms with Gasteiger partial charge in [-0.05, 0) is 54.3 Å². The van der Waals surface area contributed by atoms with E-state index in [1.165, 1.54) is 34.7 Å². The minimum absolute atomic E-state index is 0.833. The predicted molar refractivity (Wildman–Crippen MR) is 58.5 cm³/mol. The molecule has 0 amide bonds. The van der Waals surface area contributed by atoms with Crippen LogP contribution in [0.4, 0.5) is 0 Å². The van der Waals surface area contributed by atoms with Gasteiger partial charge >= 0.3 is 0 Å². The number of nitrogens with zero attached hydrogens (tertiary/aromatic N) is 1. The van der Waals surface area contributed by atoms with Crippen molar-refractivity contribution in [3.05, 3.63) is 41.7 Å². The molecule has 1 aromatic heterocycles. The molecular formula is C13H13N. The van der Waals surface area contributed by atoms with E-state index >= 15 is 0 Å². The molecule has 0 saturated heterocycles. The second-order valence-corrected chi connectivity index (χ2v) is 4.21. The number of hydrogen-bond acceptors (Lipinski definition) is 1. The quantitative estimate of drug-likeness (QED) is 0.660. The maximum absolute atomic E-state index is 4.16. The molecule has 1 aliphatic rings. The van der Waals surface area contributed by atoms with Gasteiger partial charge in [-0.15, -0.1) is 0 Å². The Labute approximate surface area is 83.8 Å². The lowest BCUT2D eigenvalue weighted by molar-refractivity contribution is 1.10. The van der Waals surface area contributed by atoms with E-state index in [0.29, 0.717) is 0 Å². The Hall–Kier alpha value is -1.37. The number of hydrogen-bond donors (Lipinski definition) is 0. The van der Waals surface area contributed by atoms with Crippen molar-refractivity contribution in [3.63, 3.8) is 0 Å². The molecule has 70 valence electrons. The molecule has 14 heavy (non-hydrogen) atoms. The highest BCUT2D eigenvalue weighted by atomic mass is 14.6. The number of rotatable bonds is 1. The normalized spacial score (nSPS) is 16.1. The minimum atomic E-state index is 0.833. The van der Waals surface area contributed by atoms with Crippen molar-refractivity contribution in [2.75, 3.05) is 0 Å². The van der Waals surface area contributed by atoms with Crippen LogP contribution in [0.25, 0.3) is 10.8 Å². The average Bonchev–Trinajstić information content (AvgIpc) is 3.00. The lowest BCUT2D eigenvalue weighted by Gasteiger charge is -2.06. The molecule has 0 spiro atoms. The van der Waals surface area contributed by atoms with Gasteiger partial charge in [-0.25, -0.2) is 0 Å². The molecule has 0 atom stereocenters. The molecule has 0 N–H and O–H groups in total. The fraction of sp³-hybridized carbons (Fsp3) is 0.308. The van der Waals surface area contributed by atoms with Gasteiger partial charge in [0.25, 0.3) is 0 Å². The summed E-state index contributed by atoms with van der Waals surface area (Å²) in [6, 6.07) is 6.68. The first-order chi connectivity index (χ1) is 6.84. The fourth-order valence-corrected chi connectivity index (χ4v) is 2.10. The van der Waals surface area contributed by atoms with Crippen LogP contribution >= 0.6 is 0 Å². The molecular weight excluding hydrogens is 170 g/mol. The molecule has 3 rings (SSSR count). The molecule has 1 heteroatoms. The molecule has 1 nitrogen and oxygen atoms in total. The monoisotopic (exact) mass is 183 g/mol. The molecule has 1 aliphatic carbocycles. The first-order valence-electron chi connectivity index (χ1n) is 5.19. The zero-order chi connectivity index (χ0) is 9.54. The average molecular weight is 183 g/mol. The summed E-state index contributed by atoms with van der Waals surface area (Å²) in [5.41, 5.74) is 2.97. The summed E-state index contributed by atoms with van der Waals surface area (Å²) in [7, 11) is 0. The third-order valence-corrected chi connectivity index (χ3v) is 3.04. The lowest BCUT2D eigenvalue weighted by atomic mass is 10.0. The Bertz CT molecular complexity index is 484. The van der Waals surface area contributed by atoms with Crippen LogP contribution in [0.2, 0.25) is 0 Å². The predicted octanol–water partition coefficient (Wildman–Crippen LogP) is 3.42. The summed E-state index contributed by atoms with van der Waals surface area (Å²) >= 11 is 0. The number of pyridine rings is 1. The molecule has 1 saturated carbocycles. The van der Waals surface area contributed by atoms with Gasteiger partial charge in [0.2, 0.25) is 0 Å². The second kappa shape index (κ2) is 2.81. The summed E-state index contributed by atoms with van der Waals surface area (Å²) in [6.45, 7) is 2.22. The van der Waals surface area contributed by atoms with Gasteiger partial charge in [0.15, 0.2) is 0 Å². The molecule has 1 fully saturated rings. The number of aryl methyl sites for hydroxylation is 1. The lowest BCUT2D eigenvalue weighted by Crippen LogP contribution is -1.86. The Morgan fingerprint density at radius 1 is 1.21 bits per heavy atom. The summed E-state index contributed by atoms with van der Waals surface area (Å²) in [5.74, 6) is 0.833. The van der Waals surface area contributed by atoms with E-state index in [9.17, 15) is 0 Å². The van der Waals surface area contributed by atoms with Crippen LogP contribution in [0.15, 0.2) is 30.6 Å². The van der Waals surface area contributed by atoms with Gasteiger partial charge in [0.1, 0.15) is 0 Å². The van der Waals surface area contributed by atoms with E-state index in [-0.39, 0.29) is 0 Å². The number of aromatic nitrogens is 1. The van der Waals surface area contributed by atoms with Gasteiger partial charge in [0, 0.05) is 17.8 Å². The highest BCUT2D eigenvalue weighted by Crippen LogP contribution is 2.42. The fourth-order valence-electron chi connectivity index (χ4n) is 2.10. The Morgan fingerprint density at radius 2 is 2.07 bits per heavy atom. The Morgan fingerprint density at radius 3 is 2.86 bits per heavy atom. The van der Waals surface area contributed by atoms with E-state index in [1.54, 1.807) is 0 Å². The maximum atomic E-state index is 4.16. The van der Waals surface area contributed by atoms with Crippen LogP contribution < -0.4 is 0 Å². The third kappa shape index (κ3) is 1.20. The van der Waals surface area contributed by atoms with Crippen LogP contribution in [0.3, 0.4) is 0 Å². The molecule has 1 heterocycles. The number of benzene rings is 1. The summed E-state index contributed by atoms with van der Waals surface area (Å²) in [6.07, 6.45) is 6.55. The molecule has 1 aromatic carbocycles. The van der Waals surface area contributed by atoms with E-state index < -0.39 is 0 Å². The van der Waals surface area contributed by atoms with Crippen LogP contribution in [0, 0.1) is 6.92 Å². The van der Waals surface area contributed by atoms with Gasteiger partial charge in [-0.2, -0.15) is 0 Å². The van der Waals surface area contributed by atoms with Gasteiger partial charge in [-0.3, -0.25) is 4.98 Å². The van der Waals surface area contributed by atoms with Crippen molar-refractivity contribution < 1.29 is 0 Å². The highest BCUT2D eigenvalue weighted by molar-refractivity contribution is 5.83. The van der Waals surface area contributed by atoms with Crippen LogP contribution in [-0.4, -0.2) is 4.98 Å². The van der Waals surface area contributed by atoms with Gasteiger partial charge in [0.05, 0.1) is 0 Å². The van der Waals surface area contributed by atoms with E-state index in [1.807, 2.05) is 12.4 Å². The van der Waals surface area contributed by atoms with Crippen molar-refractivity contribution in [1.29, 1.82) is 0 Å². The van der Waals surface area contributed by atoms with E-state index in [4.69, 9.17) is 0 Å². The van der Waals surface area contributed by atoms with Crippen molar-refractivity contribution >= 4 is 10.8 Å². The first kappa shape index (κ1) is 7.98. The smallest absolute Gasteiger partial charge is 0.0346 e. The Balaban J connectivity index is 2.26. The van der Waals surface area contributed by atoms with Crippen molar-refractivity contribution in [2.24, 2.45) is 0 Å². The molecule has 0 radical (unpaired) electrons. The topological polar surface area (TPSA) is 12.9 Å².